The fourth-order valence-electron chi connectivity index (χ4n) is 8.11. The van der Waals surface area contributed by atoms with Crippen LogP contribution in [0.3, 0.4) is 0 Å². The summed E-state index contributed by atoms with van der Waals surface area (Å²) in [4.78, 5) is 0. The van der Waals surface area contributed by atoms with Crippen molar-refractivity contribution in [2.24, 2.45) is 50.6 Å². The van der Waals surface area contributed by atoms with Crippen molar-refractivity contribution in [2.75, 3.05) is 6.54 Å². The maximum atomic E-state index is 11.0. The lowest BCUT2D eigenvalue weighted by Crippen LogP contribution is -2.55. The second-order valence-corrected chi connectivity index (χ2v) is 10.1. The molecule has 5 aliphatic rings. The molecule has 0 radical (unpaired) electrons. The van der Waals surface area contributed by atoms with E-state index in [-0.39, 0.29) is 23.7 Å². The van der Waals surface area contributed by atoms with E-state index in [2.05, 4.69) is 24.1 Å². The molecule has 0 bridgehead atoms. The second-order valence-electron chi connectivity index (χ2n) is 10.1. The zero-order valence-corrected chi connectivity index (χ0v) is 15.1. The molecule has 24 heavy (non-hydrogen) atoms. The summed E-state index contributed by atoms with van der Waals surface area (Å²) in [7, 11) is 0. The van der Waals surface area contributed by atoms with Crippen molar-refractivity contribution >= 4 is 0 Å². The van der Waals surface area contributed by atoms with Gasteiger partial charge in [-0.05, 0) is 79.4 Å². The zero-order valence-electron chi connectivity index (χ0n) is 15.1. The van der Waals surface area contributed by atoms with Crippen molar-refractivity contribution in [1.82, 2.24) is 0 Å². The molecule has 0 amide bonds. The van der Waals surface area contributed by atoms with Crippen molar-refractivity contribution in [1.29, 1.82) is 0 Å². The maximum absolute atomic E-state index is 11.0. The van der Waals surface area contributed by atoms with Gasteiger partial charge in [-0.1, -0.05) is 13.8 Å². The second kappa shape index (κ2) is 5.03. The maximum Gasteiger partial charge on any atom is 0.102 e. The lowest BCUT2D eigenvalue weighted by molar-refractivity contribution is -0.139. The Balaban J connectivity index is 1.50. The molecule has 0 aromatic rings. The minimum atomic E-state index is -0.293. The van der Waals surface area contributed by atoms with Gasteiger partial charge in [0.1, 0.15) is 6.04 Å². The summed E-state index contributed by atoms with van der Waals surface area (Å²) in [6.45, 7) is 5.70. The van der Waals surface area contributed by atoms with Crippen molar-refractivity contribution < 1.29 is 10.2 Å². The molecule has 0 aromatic heterocycles. The number of aliphatic hydroxyl groups excluding tert-OH is 2. The van der Waals surface area contributed by atoms with Crippen LogP contribution in [0, 0.1) is 40.4 Å². The molecule has 4 aliphatic carbocycles. The van der Waals surface area contributed by atoms with Crippen molar-refractivity contribution in [3.05, 3.63) is 0 Å². The molecular weight excluding hydrogens is 300 g/mol. The molecule has 4 heteroatoms. The number of nitrogens with zero attached hydrogens (tertiary/aromatic N) is 2. The molecule has 2 N–H and O–H groups in total. The van der Waals surface area contributed by atoms with E-state index in [0.717, 1.165) is 37.6 Å². The Morgan fingerprint density at radius 2 is 1.71 bits per heavy atom. The Morgan fingerprint density at radius 3 is 2.54 bits per heavy atom. The quantitative estimate of drug-likeness (QED) is 0.714. The molecule has 0 saturated heterocycles. The predicted molar refractivity (Wildman–Crippen MR) is 91.5 cm³/mol. The van der Waals surface area contributed by atoms with Gasteiger partial charge in [-0.15, -0.1) is 0 Å². The average molecular weight is 332 g/mol. The van der Waals surface area contributed by atoms with Crippen LogP contribution in [0.2, 0.25) is 0 Å². The van der Waals surface area contributed by atoms with Crippen LogP contribution in [0.25, 0.3) is 0 Å². The van der Waals surface area contributed by atoms with Gasteiger partial charge in [0.15, 0.2) is 0 Å². The number of hydrogen-bond acceptors (Lipinski definition) is 4. The zero-order chi connectivity index (χ0) is 16.7. The Morgan fingerprint density at radius 1 is 0.917 bits per heavy atom. The predicted octanol–water partition coefficient (Wildman–Crippen LogP) is 3.42. The lowest BCUT2D eigenvalue weighted by atomic mass is 9.44. The van der Waals surface area contributed by atoms with Crippen LogP contribution in [-0.2, 0) is 0 Å². The highest BCUT2D eigenvalue weighted by Gasteiger charge is 2.66. The van der Waals surface area contributed by atoms with Gasteiger partial charge in [-0.2, -0.15) is 10.2 Å². The van der Waals surface area contributed by atoms with Gasteiger partial charge < -0.3 is 10.2 Å². The van der Waals surface area contributed by atoms with Crippen molar-refractivity contribution in [2.45, 2.75) is 77.0 Å². The van der Waals surface area contributed by atoms with Crippen molar-refractivity contribution in [3.8, 4) is 0 Å². The first-order valence-corrected chi connectivity index (χ1v) is 10.2. The number of fused-ring (bicyclic) bond motifs is 7. The first kappa shape index (κ1) is 15.7. The van der Waals surface area contributed by atoms with E-state index in [9.17, 15) is 10.2 Å². The molecule has 4 nitrogen and oxygen atoms in total. The highest BCUT2D eigenvalue weighted by Crippen LogP contribution is 2.68. The fourth-order valence-corrected chi connectivity index (χ4v) is 8.11. The third-order valence-corrected chi connectivity index (χ3v) is 9.34. The van der Waals surface area contributed by atoms with Crippen LogP contribution >= 0.6 is 0 Å². The Labute approximate surface area is 145 Å². The highest BCUT2D eigenvalue weighted by atomic mass is 16.3. The largest absolute Gasteiger partial charge is 0.393 e. The molecule has 5 rings (SSSR count). The summed E-state index contributed by atoms with van der Waals surface area (Å²) < 4.78 is 0. The summed E-state index contributed by atoms with van der Waals surface area (Å²) in [5.41, 5.74) is 0.451. The molecule has 10 atom stereocenters. The molecule has 4 saturated carbocycles. The van der Waals surface area contributed by atoms with E-state index < -0.39 is 0 Å². The van der Waals surface area contributed by atoms with E-state index in [0.29, 0.717) is 23.2 Å². The SMILES string of the molecule is C[C@]12CCC3C(CC[C@H]4C[C@@H](O)CC[C@]34C)C1[C@H]1CN=N[C@H]1[C@@H]2O. The monoisotopic (exact) mass is 332 g/mol. The standard InChI is InChI=1S/C20H32N2O2/c1-19-7-5-12(23)9-11(19)3-4-13-15(19)6-8-20(2)16(13)14-10-21-22-17(14)18(20)24/h11-18,23-24H,3-10H2,1-2H3/t11-,12-,13?,14+,15?,16?,17+,18-,19-,20-/m0/s1. The summed E-state index contributed by atoms with van der Waals surface area (Å²) in [6, 6.07) is 0.0671. The van der Waals surface area contributed by atoms with E-state index in [1.165, 1.54) is 25.7 Å². The normalized spacial score (nSPS) is 61.8. The van der Waals surface area contributed by atoms with Crippen LogP contribution in [0.5, 0.6) is 0 Å². The first-order chi connectivity index (χ1) is 11.4. The molecule has 4 fully saturated rings. The van der Waals surface area contributed by atoms with Crippen LogP contribution < -0.4 is 0 Å². The third-order valence-electron chi connectivity index (χ3n) is 9.34. The van der Waals surface area contributed by atoms with Gasteiger partial charge in [0.25, 0.3) is 0 Å². The van der Waals surface area contributed by atoms with Crippen LogP contribution in [0.4, 0.5) is 0 Å². The third kappa shape index (κ3) is 1.82. The first-order valence-electron chi connectivity index (χ1n) is 10.2. The van der Waals surface area contributed by atoms with Gasteiger partial charge >= 0.3 is 0 Å². The van der Waals surface area contributed by atoms with Crippen LogP contribution in [0.1, 0.15) is 58.8 Å². The van der Waals surface area contributed by atoms with E-state index >= 15 is 0 Å². The molecule has 0 spiro atoms. The summed E-state index contributed by atoms with van der Waals surface area (Å²) in [6.07, 6.45) is 7.78. The molecule has 1 aliphatic heterocycles. The van der Waals surface area contributed by atoms with E-state index in [1.807, 2.05) is 0 Å². The van der Waals surface area contributed by atoms with E-state index in [1.54, 1.807) is 0 Å². The summed E-state index contributed by atoms with van der Waals surface area (Å²) in [5.74, 6) is 3.27. The molecule has 0 aromatic carbocycles. The molecule has 3 unspecified atom stereocenters. The van der Waals surface area contributed by atoms with E-state index in [4.69, 9.17) is 0 Å². The van der Waals surface area contributed by atoms with Gasteiger partial charge in [0.2, 0.25) is 0 Å². The number of hydrogen-bond donors (Lipinski definition) is 2. The van der Waals surface area contributed by atoms with Gasteiger partial charge in [0.05, 0.1) is 18.8 Å². The minimum Gasteiger partial charge on any atom is -0.393 e. The summed E-state index contributed by atoms with van der Waals surface area (Å²) >= 11 is 0. The number of rotatable bonds is 0. The van der Waals surface area contributed by atoms with Crippen LogP contribution in [-0.4, -0.2) is 35.0 Å². The minimum absolute atomic E-state index is 0.0489. The topological polar surface area (TPSA) is 65.2 Å². The molecule has 134 valence electrons. The van der Waals surface area contributed by atoms with Crippen molar-refractivity contribution in [3.63, 3.8) is 0 Å². The number of azo groups is 1. The smallest absolute Gasteiger partial charge is 0.102 e. The summed E-state index contributed by atoms with van der Waals surface area (Å²) in [5, 5.41) is 29.9. The van der Waals surface area contributed by atoms with Gasteiger partial charge in [-0.25, -0.2) is 0 Å². The van der Waals surface area contributed by atoms with Crippen LogP contribution in [0.15, 0.2) is 10.2 Å². The number of aliphatic hydroxyl groups is 2. The molecule has 1 heterocycles. The highest BCUT2D eigenvalue weighted by molar-refractivity contribution is 5.16. The Hall–Kier alpha value is -0.480. The Bertz CT molecular complexity index is 566. The lowest BCUT2D eigenvalue weighted by Gasteiger charge is -2.61. The van der Waals surface area contributed by atoms with Gasteiger partial charge in [-0.3, -0.25) is 0 Å². The van der Waals surface area contributed by atoms with Gasteiger partial charge in [0, 0.05) is 5.92 Å². The average Bonchev–Trinajstić information content (AvgIpc) is 3.10. The fraction of sp³-hybridized carbons (Fsp3) is 1.00. The Kier molecular flexibility index (Phi) is 3.30. The molecular formula is C20H32N2O2.